The van der Waals surface area contributed by atoms with Crippen LogP contribution in [-0.2, 0) is 9.59 Å². The van der Waals surface area contributed by atoms with Gasteiger partial charge in [-0.3, -0.25) is 0 Å². The molecule has 2 aliphatic heterocycles. The van der Waals surface area contributed by atoms with Crippen molar-refractivity contribution in [2.45, 2.75) is 6.04 Å². The molecule has 1 saturated heterocycles. The van der Waals surface area contributed by atoms with Gasteiger partial charge in [0.2, 0.25) is 6.04 Å². The van der Waals surface area contributed by atoms with E-state index in [4.69, 9.17) is 5.11 Å². The van der Waals surface area contributed by atoms with Gasteiger partial charge in [-0.05, 0) is 12.2 Å². The van der Waals surface area contributed by atoms with Gasteiger partial charge in [0.05, 0.1) is 0 Å². The number of nitrogens with zero attached hydrogens (tertiary/aromatic N) is 1. The number of amides is 1. The van der Waals surface area contributed by atoms with Crippen LogP contribution in [0.3, 0.4) is 0 Å². The SMILES string of the molecule is O=C(O)[C@H]1C[N+]12C=CC=CC2=O. The predicted octanol–water partition coefficient (Wildman–Crippen LogP) is -0.120. The van der Waals surface area contributed by atoms with Gasteiger partial charge in [0.1, 0.15) is 6.20 Å². The highest BCUT2D eigenvalue weighted by Gasteiger charge is 2.64. The van der Waals surface area contributed by atoms with E-state index in [0.29, 0.717) is 6.54 Å². The van der Waals surface area contributed by atoms with Gasteiger partial charge in [0.25, 0.3) is 0 Å². The largest absolute Gasteiger partial charge is 0.477 e. The molecule has 0 aromatic carbocycles. The summed E-state index contributed by atoms with van der Waals surface area (Å²) < 4.78 is -0.0220. The number of aliphatic carboxylic acids is 1. The van der Waals surface area contributed by atoms with Gasteiger partial charge in [0.15, 0.2) is 6.54 Å². The van der Waals surface area contributed by atoms with E-state index in [-0.39, 0.29) is 10.4 Å². The smallest absolute Gasteiger partial charge is 0.369 e. The molecule has 1 fully saturated rings. The van der Waals surface area contributed by atoms with Crippen molar-refractivity contribution in [3.63, 3.8) is 0 Å². The number of carboxylic acids is 1. The molecule has 2 rings (SSSR count). The first-order valence-corrected chi connectivity index (χ1v) is 3.67. The summed E-state index contributed by atoms with van der Waals surface area (Å²) in [5.74, 6) is -1.03. The van der Waals surface area contributed by atoms with Crippen LogP contribution >= 0.6 is 0 Å². The Labute approximate surface area is 69.0 Å². The van der Waals surface area contributed by atoms with Crippen LogP contribution in [0.2, 0.25) is 0 Å². The van der Waals surface area contributed by atoms with Crippen LogP contribution in [0.4, 0.5) is 0 Å². The second-order valence-corrected chi connectivity index (χ2v) is 3.01. The lowest BCUT2D eigenvalue weighted by Gasteiger charge is -2.10. The molecule has 0 aromatic rings. The van der Waals surface area contributed by atoms with Gasteiger partial charge in [-0.25, -0.2) is 14.1 Å². The average molecular weight is 166 g/mol. The Hall–Kier alpha value is -1.42. The molecule has 2 heterocycles. The minimum Gasteiger partial charge on any atom is -0.477 e. The first-order valence-electron chi connectivity index (χ1n) is 3.67. The third-order valence-electron chi connectivity index (χ3n) is 2.29. The second kappa shape index (κ2) is 2.04. The summed E-state index contributed by atoms with van der Waals surface area (Å²) in [7, 11) is 0. The Balaban J connectivity index is 2.26. The molecule has 2 atom stereocenters. The standard InChI is InChI=1S/C8H7NO3/c10-7-3-1-2-4-9(7)5-6(9)8(11)12/h1-4,6H,5H2/p+1/t6-,9?/m1/s1. The molecule has 62 valence electrons. The topological polar surface area (TPSA) is 54.4 Å². The number of hydrogen-bond acceptors (Lipinski definition) is 2. The molecule has 1 N–H and O–H groups in total. The fourth-order valence-corrected chi connectivity index (χ4v) is 1.48. The molecule has 12 heavy (non-hydrogen) atoms. The van der Waals surface area contributed by atoms with Crippen LogP contribution in [0.5, 0.6) is 0 Å². The molecule has 1 amide bonds. The maximum atomic E-state index is 11.3. The highest BCUT2D eigenvalue weighted by molar-refractivity contribution is 5.89. The van der Waals surface area contributed by atoms with Crippen molar-refractivity contribution in [1.29, 1.82) is 0 Å². The average Bonchev–Trinajstić information content (AvgIpc) is 2.72. The summed E-state index contributed by atoms with van der Waals surface area (Å²) in [6.07, 6.45) is 6.40. The molecule has 0 aromatic heterocycles. The van der Waals surface area contributed by atoms with E-state index in [0.717, 1.165) is 0 Å². The molecular weight excluding hydrogens is 158 g/mol. The van der Waals surface area contributed by atoms with Crippen LogP contribution in [0.25, 0.3) is 0 Å². The third kappa shape index (κ3) is 0.753. The summed E-state index contributed by atoms with van der Waals surface area (Å²) in [5.41, 5.74) is 0. The van der Waals surface area contributed by atoms with E-state index in [1.54, 1.807) is 18.4 Å². The number of rotatable bonds is 1. The Bertz CT molecular complexity index is 318. The first-order chi connectivity index (χ1) is 5.67. The maximum Gasteiger partial charge on any atom is 0.369 e. The van der Waals surface area contributed by atoms with Crippen molar-refractivity contribution in [1.82, 2.24) is 0 Å². The predicted molar refractivity (Wildman–Crippen MR) is 39.8 cm³/mol. The van der Waals surface area contributed by atoms with Crippen molar-refractivity contribution < 1.29 is 19.2 Å². The Morgan fingerprint density at radius 2 is 2.33 bits per heavy atom. The van der Waals surface area contributed by atoms with E-state index in [2.05, 4.69) is 0 Å². The van der Waals surface area contributed by atoms with E-state index < -0.39 is 12.0 Å². The molecule has 1 unspecified atom stereocenters. The zero-order chi connectivity index (χ0) is 8.77. The van der Waals surface area contributed by atoms with Gasteiger partial charge in [0, 0.05) is 6.08 Å². The summed E-state index contributed by atoms with van der Waals surface area (Å²) >= 11 is 0. The molecule has 1 spiro atoms. The number of carbonyl (C=O) groups excluding carboxylic acids is 1. The highest BCUT2D eigenvalue weighted by Crippen LogP contribution is 2.34. The van der Waals surface area contributed by atoms with E-state index in [1.807, 2.05) is 0 Å². The zero-order valence-electron chi connectivity index (χ0n) is 6.30. The number of quaternary nitrogens is 1. The number of allylic oxidation sites excluding steroid dienone is 2. The van der Waals surface area contributed by atoms with Crippen molar-refractivity contribution in [3.8, 4) is 0 Å². The van der Waals surface area contributed by atoms with Gasteiger partial charge < -0.3 is 5.11 Å². The van der Waals surface area contributed by atoms with Crippen molar-refractivity contribution in [2.75, 3.05) is 6.54 Å². The minimum atomic E-state index is -0.900. The summed E-state index contributed by atoms with van der Waals surface area (Å²) in [4.78, 5) is 21.8. The van der Waals surface area contributed by atoms with Crippen LogP contribution in [0.1, 0.15) is 0 Å². The lowest BCUT2D eigenvalue weighted by Crippen LogP contribution is -2.33. The lowest BCUT2D eigenvalue weighted by molar-refractivity contribution is -0.667. The summed E-state index contributed by atoms with van der Waals surface area (Å²) in [6.45, 7) is 0.398. The first kappa shape index (κ1) is 7.24. The molecule has 0 radical (unpaired) electrons. The molecule has 2 aliphatic rings. The molecule has 4 nitrogen and oxygen atoms in total. The fourth-order valence-electron chi connectivity index (χ4n) is 1.48. The molecule has 0 saturated carbocycles. The lowest BCUT2D eigenvalue weighted by atomic mass is 10.3. The summed E-state index contributed by atoms with van der Waals surface area (Å²) in [5, 5.41) is 8.66. The number of carboxylic acid groups (broad SMARTS) is 1. The van der Waals surface area contributed by atoms with Gasteiger partial charge in [-0.2, -0.15) is 0 Å². The third-order valence-corrected chi connectivity index (χ3v) is 2.29. The van der Waals surface area contributed by atoms with Crippen molar-refractivity contribution in [3.05, 3.63) is 24.4 Å². The molecule has 0 aliphatic carbocycles. The highest BCUT2D eigenvalue weighted by atomic mass is 16.4. The quantitative estimate of drug-likeness (QED) is 0.436. The Morgan fingerprint density at radius 3 is 2.83 bits per heavy atom. The minimum absolute atomic E-state index is 0.0220. The number of hydrogen-bond donors (Lipinski definition) is 1. The Morgan fingerprint density at radius 1 is 1.58 bits per heavy atom. The second-order valence-electron chi connectivity index (χ2n) is 3.01. The molecular formula is C8H8NO3+. The van der Waals surface area contributed by atoms with Gasteiger partial charge in [-0.1, -0.05) is 0 Å². The van der Waals surface area contributed by atoms with Crippen LogP contribution in [-0.4, -0.2) is 34.1 Å². The van der Waals surface area contributed by atoms with Crippen LogP contribution in [0.15, 0.2) is 24.4 Å². The molecule has 4 heteroatoms. The normalized spacial score (nSPS) is 37.3. The van der Waals surface area contributed by atoms with E-state index in [1.165, 1.54) is 6.08 Å². The monoisotopic (exact) mass is 166 g/mol. The maximum absolute atomic E-state index is 11.3. The van der Waals surface area contributed by atoms with E-state index >= 15 is 0 Å². The fraction of sp³-hybridized carbons (Fsp3) is 0.250. The van der Waals surface area contributed by atoms with Crippen molar-refractivity contribution in [2.24, 2.45) is 0 Å². The van der Waals surface area contributed by atoms with Gasteiger partial charge >= 0.3 is 11.9 Å². The van der Waals surface area contributed by atoms with Crippen molar-refractivity contribution >= 4 is 11.9 Å². The van der Waals surface area contributed by atoms with E-state index in [9.17, 15) is 9.59 Å². The Kier molecular flexibility index (Phi) is 1.23. The molecule has 0 bridgehead atoms. The summed E-state index contributed by atoms with van der Waals surface area (Å²) in [6, 6.07) is -0.557. The zero-order valence-corrected chi connectivity index (χ0v) is 6.30. The van der Waals surface area contributed by atoms with Crippen LogP contribution in [0, 0.1) is 0 Å². The number of carbonyl (C=O) groups is 2. The van der Waals surface area contributed by atoms with Gasteiger partial charge in [-0.15, -0.1) is 0 Å². The van der Waals surface area contributed by atoms with Crippen LogP contribution < -0.4 is 0 Å².